The lowest BCUT2D eigenvalue weighted by molar-refractivity contribution is 0.131. The van der Waals surface area contributed by atoms with E-state index in [1.165, 1.54) is 0 Å². The molecule has 3 N–H and O–H groups in total. The van der Waals surface area contributed by atoms with Gasteiger partial charge in [-0.2, -0.15) is 0 Å². The number of hydrogen-bond donors (Lipinski definition) is 2. The van der Waals surface area contributed by atoms with Gasteiger partial charge in [0.05, 0.1) is 0 Å². The minimum Gasteiger partial charge on any atom is -0.445 e. The van der Waals surface area contributed by atoms with E-state index < -0.39 is 6.09 Å². The number of carbonyl (C=O) groups is 1. The Bertz CT molecular complexity index is 383. The molecule has 0 saturated carbocycles. The van der Waals surface area contributed by atoms with Gasteiger partial charge in [-0.1, -0.05) is 24.3 Å². The molecule has 0 radical (unpaired) electrons. The minimum absolute atomic E-state index is 0.245. The molecule has 0 heterocycles. The van der Waals surface area contributed by atoms with E-state index in [0.29, 0.717) is 6.54 Å². The third-order valence-electron chi connectivity index (χ3n) is 2.17. The van der Waals surface area contributed by atoms with Crippen molar-refractivity contribution in [3.8, 4) is 0 Å². The first kappa shape index (κ1) is 13.5. The highest BCUT2D eigenvalue weighted by atomic mass is 16.5. The van der Waals surface area contributed by atoms with Crippen molar-refractivity contribution >= 4 is 6.09 Å². The molecule has 1 amide bonds. The number of nitrogens with one attached hydrogen (secondary N) is 1. The van der Waals surface area contributed by atoms with Crippen molar-refractivity contribution in [3.63, 3.8) is 0 Å². The van der Waals surface area contributed by atoms with Crippen LogP contribution in [-0.2, 0) is 17.9 Å². The normalized spacial score (nSPS) is 11.1. The predicted molar refractivity (Wildman–Crippen MR) is 67.4 cm³/mol. The zero-order valence-electron chi connectivity index (χ0n) is 10.6. The summed E-state index contributed by atoms with van der Waals surface area (Å²) >= 11 is 0. The fourth-order valence-corrected chi connectivity index (χ4v) is 1.38. The molecule has 1 aromatic rings. The van der Waals surface area contributed by atoms with Gasteiger partial charge in [0, 0.05) is 12.1 Å². The van der Waals surface area contributed by atoms with Gasteiger partial charge in [-0.15, -0.1) is 0 Å². The average Bonchev–Trinajstić information content (AvgIpc) is 2.24. The van der Waals surface area contributed by atoms with E-state index in [1.54, 1.807) is 0 Å². The van der Waals surface area contributed by atoms with Gasteiger partial charge in [0.1, 0.15) is 6.61 Å². The Labute approximate surface area is 102 Å². The fourth-order valence-electron chi connectivity index (χ4n) is 1.38. The molecule has 1 rings (SSSR count). The maximum absolute atomic E-state index is 11.5. The molecule has 0 aliphatic heterocycles. The van der Waals surface area contributed by atoms with Crippen LogP contribution in [0.2, 0.25) is 0 Å². The molecule has 17 heavy (non-hydrogen) atoms. The number of alkyl carbamates (subject to hydrolysis) is 1. The summed E-state index contributed by atoms with van der Waals surface area (Å²) in [5, 5.41) is 2.73. The van der Waals surface area contributed by atoms with Crippen LogP contribution >= 0.6 is 0 Å². The topological polar surface area (TPSA) is 64.3 Å². The number of ether oxygens (including phenoxy) is 1. The standard InChI is InChI=1S/C13H20N2O2/c1-13(2,3)15-12(16)17-9-11-7-5-4-6-10(11)8-14/h4-7H,8-9,14H2,1-3H3,(H,15,16). The third-order valence-corrected chi connectivity index (χ3v) is 2.17. The molecule has 0 saturated heterocycles. The summed E-state index contributed by atoms with van der Waals surface area (Å²) in [6.07, 6.45) is -0.413. The molecule has 1 aromatic carbocycles. The quantitative estimate of drug-likeness (QED) is 0.845. The Morgan fingerprint density at radius 3 is 2.41 bits per heavy atom. The van der Waals surface area contributed by atoms with Crippen LogP contribution in [0.25, 0.3) is 0 Å². The molecule has 4 heteroatoms. The maximum atomic E-state index is 11.5. The molecule has 4 nitrogen and oxygen atoms in total. The maximum Gasteiger partial charge on any atom is 0.407 e. The summed E-state index contributed by atoms with van der Waals surface area (Å²) in [5.41, 5.74) is 7.26. The first-order chi connectivity index (χ1) is 7.92. The van der Waals surface area contributed by atoms with Crippen LogP contribution in [0.15, 0.2) is 24.3 Å². The van der Waals surface area contributed by atoms with Gasteiger partial charge in [0.25, 0.3) is 0 Å². The molecule has 0 bridgehead atoms. The molecule has 0 spiro atoms. The zero-order valence-corrected chi connectivity index (χ0v) is 10.6. The van der Waals surface area contributed by atoms with E-state index in [2.05, 4.69) is 5.32 Å². The van der Waals surface area contributed by atoms with Crippen LogP contribution < -0.4 is 11.1 Å². The van der Waals surface area contributed by atoms with Gasteiger partial charge < -0.3 is 15.8 Å². The largest absolute Gasteiger partial charge is 0.445 e. The summed E-state index contributed by atoms with van der Waals surface area (Å²) in [7, 11) is 0. The molecule has 0 fully saturated rings. The summed E-state index contributed by atoms with van der Waals surface area (Å²) in [4.78, 5) is 11.5. The predicted octanol–water partition coefficient (Wildman–Crippen LogP) is 2.17. The second kappa shape index (κ2) is 5.68. The van der Waals surface area contributed by atoms with Crippen LogP contribution in [0, 0.1) is 0 Å². The number of rotatable bonds is 3. The molecule has 0 atom stereocenters. The van der Waals surface area contributed by atoms with Crippen LogP contribution in [0.3, 0.4) is 0 Å². The molecule has 94 valence electrons. The first-order valence-electron chi connectivity index (χ1n) is 5.64. The lowest BCUT2D eigenvalue weighted by Gasteiger charge is -2.20. The van der Waals surface area contributed by atoms with Crippen molar-refractivity contribution in [2.75, 3.05) is 0 Å². The van der Waals surface area contributed by atoms with Crippen molar-refractivity contribution in [3.05, 3.63) is 35.4 Å². The molecular weight excluding hydrogens is 216 g/mol. The Morgan fingerprint density at radius 2 is 1.88 bits per heavy atom. The second-order valence-electron chi connectivity index (χ2n) is 4.92. The van der Waals surface area contributed by atoms with Crippen molar-refractivity contribution in [1.29, 1.82) is 0 Å². The van der Waals surface area contributed by atoms with Gasteiger partial charge in [-0.25, -0.2) is 4.79 Å². The minimum atomic E-state index is -0.413. The van der Waals surface area contributed by atoms with Gasteiger partial charge in [0.15, 0.2) is 0 Å². The third kappa shape index (κ3) is 4.87. The van der Waals surface area contributed by atoms with E-state index >= 15 is 0 Å². The number of amides is 1. The number of benzene rings is 1. The van der Waals surface area contributed by atoms with Gasteiger partial charge in [0.2, 0.25) is 0 Å². The summed E-state index contributed by atoms with van der Waals surface area (Å²) in [5.74, 6) is 0. The van der Waals surface area contributed by atoms with Crippen molar-refractivity contribution in [1.82, 2.24) is 5.32 Å². The Hall–Kier alpha value is -1.55. The SMILES string of the molecule is CC(C)(C)NC(=O)OCc1ccccc1CN. The van der Waals surface area contributed by atoms with E-state index in [4.69, 9.17) is 10.5 Å². The van der Waals surface area contributed by atoms with Crippen molar-refractivity contribution in [2.24, 2.45) is 5.73 Å². The molecule has 0 unspecified atom stereocenters. The highest BCUT2D eigenvalue weighted by Gasteiger charge is 2.14. The molecular formula is C13H20N2O2. The second-order valence-corrected chi connectivity index (χ2v) is 4.92. The van der Waals surface area contributed by atoms with Gasteiger partial charge >= 0.3 is 6.09 Å². The summed E-state index contributed by atoms with van der Waals surface area (Å²) in [6, 6.07) is 7.66. The van der Waals surface area contributed by atoms with E-state index in [-0.39, 0.29) is 12.1 Å². The monoisotopic (exact) mass is 236 g/mol. The van der Waals surface area contributed by atoms with E-state index in [1.807, 2.05) is 45.0 Å². The lowest BCUT2D eigenvalue weighted by Crippen LogP contribution is -2.40. The Kier molecular flexibility index (Phi) is 4.52. The zero-order chi connectivity index (χ0) is 12.9. The van der Waals surface area contributed by atoms with Crippen molar-refractivity contribution < 1.29 is 9.53 Å². The van der Waals surface area contributed by atoms with Crippen LogP contribution in [0.5, 0.6) is 0 Å². The van der Waals surface area contributed by atoms with E-state index in [0.717, 1.165) is 11.1 Å². The summed E-state index contributed by atoms with van der Waals surface area (Å²) in [6.45, 7) is 6.40. The Balaban J connectivity index is 2.53. The number of carbonyl (C=O) groups excluding carboxylic acids is 1. The van der Waals surface area contributed by atoms with Crippen LogP contribution in [0.4, 0.5) is 4.79 Å². The smallest absolute Gasteiger partial charge is 0.407 e. The number of nitrogens with two attached hydrogens (primary N) is 1. The van der Waals surface area contributed by atoms with Gasteiger partial charge in [-0.05, 0) is 31.9 Å². The highest BCUT2D eigenvalue weighted by Crippen LogP contribution is 2.09. The summed E-state index contributed by atoms with van der Waals surface area (Å²) < 4.78 is 5.14. The van der Waals surface area contributed by atoms with Crippen LogP contribution in [0.1, 0.15) is 31.9 Å². The van der Waals surface area contributed by atoms with E-state index in [9.17, 15) is 4.79 Å². The first-order valence-corrected chi connectivity index (χ1v) is 5.64. The van der Waals surface area contributed by atoms with Gasteiger partial charge in [-0.3, -0.25) is 0 Å². The van der Waals surface area contributed by atoms with Crippen molar-refractivity contribution in [2.45, 2.75) is 39.5 Å². The molecule has 0 aliphatic rings. The highest BCUT2D eigenvalue weighted by molar-refractivity contribution is 5.68. The molecule has 0 aromatic heterocycles. The van der Waals surface area contributed by atoms with Crippen LogP contribution in [-0.4, -0.2) is 11.6 Å². The average molecular weight is 236 g/mol. The fraction of sp³-hybridized carbons (Fsp3) is 0.462. The number of hydrogen-bond acceptors (Lipinski definition) is 3. The molecule has 0 aliphatic carbocycles. The lowest BCUT2D eigenvalue weighted by atomic mass is 10.1. The Morgan fingerprint density at radius 1 is 1.29 bits per heavy atom.